The van der Waals surface area contributed by atoms with Gasteiger partial charge in [0.05, 0.1) is 0 Å². The van der Waals surface area contributed by atoms with Crippen LogP contribution in [0.25, 0.3) is 11.0 Å². The standard InChI is InChI=1S/C14H18N2O2.ClH/c1-9-4-5-12-11(6-9)7-13(18-12)14(17)16-8-10(2)15-3;/h4-7,10,15H,8H2,1-3H3,(H,16,17);1H. The number of aryl methyl sites for hydroxylation is 1. The summed E-state index contributed by atoms with van der Waals surface area (Å²) in [4.78, 5) is 11.9. The largest absolute Gasteiger partial charge is 0.451 e. The molecule has 1 unspecified atom stereocenters. The molecule has 0 bridgehead atoms. The van der Waals surface area contributed by atoms with E-state index in [4.69, 9.17) is 4.42 Å². The lowest BCUT2D eigenvalue weighted by atomic mass is 10.2. The summed E-state index contributed by atoms with van der Waals surface area (Å²) in [6.45, 7) is 4.59. The summed E-state index contributed by atoms with van der Waals surface area (Å²) < 4.78 is 5.52. The van der Waals surface area contributed by atoms with Gasteiger partial charge in [-0.1, -0.05) is 11.6 Å². The third kappa shape index (κ3) is 3.72. The first-order valence-electron chi connectivity index (χ1n) is 6.06. The normalized spacial score (nSPS) is 11.9. The molecule has 1 aromatic heterocycles. The number of hydrogen-bond acceptors (Lipinski definition) is 3. The molecular weight excluding hydrogens is 264 g/mol. The summed E-state index contributed by atoms with van der Waals surface area (Å²) in [7, 11) is 1.86. The van der Waals surface area contributed by atoms with Gasteiger partial charge in [0.15, 0.2) is 5.76 Å². The third-order valence-electron chi connectivity index (χ3n) is 2.96. The molecule has 0 aliphatic rings. The van der Waals surface area contributed by atoms with Crippen LogP contribution in [0.15, 0.2) is 28.7 Å². The van der Waals surface area contributed by atoms with Gasteiger partial charge >= 0.3 is 0 Å². The van der Waals surface area contributed by atoms with Crippen LogP contribution < -0.4 is 10.6 Å². The lowest BCUT2D eigenvalue weighted by molar-refractivity contribution is 0.0925. The van der Waals surface area contributed by atoms with Crippen LogP contribution in [0.1, 0.15) is 23.0 Å². The fourth-order valence-electron chi connectivity index (χ4n) is 1.71. The van der Waals surface area contributed by atoms with Crippen molar-refractivity contribution in [3.8, 4) is 0 Å². The molecule has 0 fully saturated rings. The number of nitrogens with one attached hydrogen (secondary N) is 2. The lowest BCUT2D eigenvalue weighted by Crippen LogP contribution is -2.36. The number of carbonyl (C=O) groups is 1. The molecule has 0 saturated heterocycles. The molecule has 19 heavy (non-hydrogen) atoms. The van der Waals surface area contributed by atoms with Crippen LogP contribution in [-0.2, 0) is 0 Å². The Kier molecular flexibility index (Phi) is 5.39. The average molecular weight is 283 g/mol. The highest BCUT2D eigenvalue weighted by atomic mass is 35.5. The van der Waals surface area contributed by atoms with Crippen molar-refractivity contribution in [2.45, 2.75) is 19.9 Å². The van der Waals surface area contributed by atoms with E-state index in [0.29, 0.717) is 12.3 Å². The van der Waals surface area contributed by atoms with Gasteiger partial charge < -0.3 is 15.1 Å². The number of benzene rings is 1. The fraction of sp³-hybridized carbons (Fsp3) is 0.357. The molecule has 1 amide bonds. The molecule has 4 nitrogen and oxygen atoms in total. The lowest BCUT2D eigenvalue weighted by Gasteiger charge is -2.09. The minimum absolute atomic E-state index is 0. The van der Waals surface area contributed by atoms with Gasteiger partial charge in [-0.2, -0.15) is 0 Å². The molecular formula is C14H19ClN2O2. The second-order valence-electron chi connectivity index (χ2n) is 4.55. The van der Waals surface area contributed by atoms with Crippen molar-refractivity contribution in [2.24, 2.45) is 0 Å². The number of furan rings is 1. The quantitative estimate of drug-likeness (QED) is 0.906. The Morgan fingerprint density at radius 3 is 2.79 bits per heavy atom. The highest BCUT2D eigenvalue weighted by molar-refractivity contribution is 5.96. The van der Waals surface area contributed by atoms with Crippen molar-refractivity contribution < 1.29 is 9.21 Å². The van der Waals surface area contributed by atoms with Crippen LogP contribution >= 0.6 is 12.4 Å². The Balaban J connectivity index is 0.00000180. The Bertz CT molecular complexity index is 566. The molecule has 1 heterocycles. The highest BCUT2D eigenvalue weighted by Gasteiger charge is 2.12. The van der Waals surface area contributed by atoms with Crippen LogP contribution in [0.5, 0.6) is 0 Å². The maximum absolute atomic E-state index is 11.9. The predicted molar refractivity (Wildman–Crippen MR) is 79.1 cm³/mol. The first kappa shape index (κ1) is 15.5. The molecule has 2 N–H and O–H groups in total. The molecule has 2 rings (SSSR count). The Labute approximate surface area is 119 Å². The zero-order chi connectivity index (χ0) is 13.1. The molecule has 104 valence electrons. The summed E-state index contributed by atoms with van der Waals surface area (Å²) in [5, 5.41) is 6.85. The number of amides is 1. The number of fused-ring (bicyclic) bond motifs is 1. The van der Waals surface area contributed by atoms with Crippen LogP contribution in [-0.4, -0.2) is 25.5 Å². The van der Waals surface area contributed by atoms with Gasteiger partial charge in [-0.3, -0.25) is 4.79 Å². The van der Waals surface area contributed by atoms with Gasteiger partial charge in [0.25, 0.3) is 5.91 Å². The summed E-state index contributed by atoms with van der Waals surface area (Å²) in [5.41, 5.74) is 1.89. The summed E-state index contributed by atoms with van der Waals surface area (Å²) >= 11 is 0. The molecule has 1 atom stereocenters. The van der Waals surface area contributed by atoms with E-state index >= 15 is 0 Å². The minimum Gasteiger partial charge on any atom is -0.451 e. The van der Waals surface area contributed by atoms with E-state index in [1.165, 1.54) is 0 Å². The van der Waals surface area contributed by atoms with E-state index in [0.717, 1.165) is 16.5 Å². The van der Waals surface area contributed by atoms with Gasteiger partial charge in [0, 0.05) is 18.0 Å². The molecule has 0 aliphatic heterocycles. The summed E-state index contributed by atoms with van der Waals surface area (Å²) in [5.74, 6) is 0.185. The smallest absolute Gasteiger partial charge is 0.287 e. The average Bonchev–Trinajstić information content (AvgIpc) is 2.78. The highest BCUT2D eigenvalue weighted by Crippen LogP contribution is 2.20. The van der Waals surface area contributed by atoms with E-state index in [2.05, 4.69) is 10.6 Å². The van der Waals surface area contributed by atoms with Gasteiger partial charge in [-0.25, -0.2) is 0 Å². The topological polar surface area (TPSA) is 54.3 Å². The van der Waals surface area contributed by atoms with Gasteiger partial charge in [0.1, 0.15) is 5.58 Å². The fourth-order valence-corrected chi connectivity index (χ4v) is 1.71. The third-order valence-corrected chi connectivity index (χ3v) is 2.96. The first-order chi connectivity index (χ1) is 8.60. The monoisotopic (exact) mass is 282 g/mol. The number of rotatable bonds is 4. The van der Waals surface area contributed by atoms with E-state index in [9.17, 15) is 4.79 Å². The summed E-state index contributed by atoms with van der Waals surface area (Å²) in [6, 6.07) is 7.88. The Morgan fingerprint density at radius 2 is 2.11 bits per heavy atom. The van der Waals surface area contributed by atoms with Crippen LogP contribution in [0.3, 0.4) is 0 Å². The maximum atomic E-state index is 11.9. The SMILES string of the molecule is CNC(C)CNC(=O)c1cc2cc(C)ccc2o1.Cl. The second kappa shape index (κ2) is 6.59. The molecule has 0 saturated carbocycles. The molecule has 0 spiro atoms. The van der Waals surface area contributed by atoms with E-state index < -0.39 is 0 Å². The molecule has 0 aliphatic carbocycles. The van der Waals surface area contributed by atoms with Crippen LogP contribution in [0, 0.1) is 6.92 Å². The second-order valence-corrected chi connectivity index (χ2v) is 4.55. The molecule has 5 heteroatoms. The molecule has 2 aromatic rings. The van der Waals surface area contributed by atoms with E-state index in [1.807, 2.05) is 39.1 Å². The van der Waals surface area contributed by atoms with Gasteiger partial charge in [-0.05, 0) is 39.1 Å². The number of carbonyl (C=O) groups excluding carboxylic acids is 1. The maximum Gasteiger partial charge on any atom is 0.287 e. The van der Waals surface area contributed by atoms with E-state index in [-0.39, 0.29) is 24.4 Å². The van der Waals surface area contributed by atoms with Gasteiger partial charge in [-0.15, -0.1) is 12.4 Å². The first-order valence-corrected chi connectivity index (χ1v) is 6.06. The molecule has 0 radical (unpaired) electrons. The van der Waals surface area contributed by atoms with Crippen molar-refractivity contribution in [2.75, 3.05) is 13.6 Å². The van der Waals surface area contributed by atoms with Crippen LogP contribution in [0.2, 0.25) is 0 Å². The van der Waals surface area contributed by atoms with E-state index in [1.54, 1.807) is 6.07 Å². The number of likely N-dealkylation sites (N-methyl/N-ethyl adjacent to an activating group) is 1. The van der Waals surface area contributed by atoms with Crippen molar-refractivity contribution >= 4 is 29.3 Å². The van der Waals surface area contributed by atoms with Crippen LogP contribution in [0.4, 0.5) is 0 Å². The minimum atomic E-state index is -0.175. The Hall–Kier alpha value is -1.52. The Morgan fingerprint density at radius 1 is 1.37 bits per heavy atom. The predicted octanol–water partition coefficient (Wildman–Crippen LogP) is 2.50. The van der Waals surface area contributed by atoms with Crippen molar-refractivity contribution in [3.63, 3.8) is 0 Å². The molecule has 1 aromatic carbocycles. The van der Waals surface area contributed by atoms with Crippen molar-refractivity contribution in [1.82, 2.24) is 10.6 Å². The number of halogens is 1. The number of hydrogen-bond donors (Lipinski definition) is 2. The zero-order valence-electron chi connectivity index (χ0n) is 11.3. The van der Waals surface area contributed by atoms with Gasteiger partial charge in [0.2, 0.25) is 0 Å². The van der Waals surface area contributed by atoms with Crippen molar-refractivity contribution in [3.05, 3.63) is 35.6 Å². The summed E-state index contributed by atoms with van der Waals surface area (Å²) in [6.07, 6.45) is 0. The zero-order valence-corrected chi connectivity index (χ0v) is 12.1. The van der Waals surface area contributed by atoms with Crippen molar-refractivity contribution in [1.29, 1.82) is 0 Å².